The van der Waals surface area contributed by atoms with Gasteiger partial charge in [0.1, 0.15) is 17.3 Å². The van der Waals surface area contributed by atoms with E-state index >= 15 is 0 Å². The van der Waals surface area contributed by atoms with Crippen LogP contribution in [0, 0.1) is 5.82 Å². The lowest BCUT2D eigenvalue weighted by Crippen LogP contribution is -2.37. The van der Waals surface area contributed by atoms with Crippen molar-refractivity contribution in [2.45, 2.75) is 19.1 Å². The summed E-state index contributed by atoms with van der Waals surface area (Å²) in [5, 5.41) is 23.9. The molecule has 1 aromatic carbocycles. The van der Waals surface area contributed by atoms with Crippen LogP contribution in [0.25, 0.3) is 0 Å². The molecule has 1 heterocycles. The van der Waals surface area contributed by atoms with Crippen molar-refractivity contribution in [2.75, 3.05) is 19.7 Å². The van der Waals surface area contributed by atoms with Crippen molar-refractivity contribution in [3.63, 3.8) is 0 Å². The summed E-state index contributed by atoms with van der Waals surface area (Å²) in [5.41, 5.74) is 0.790. The van der Waals surface area contributed by atoms with Gasteiger partial charge in [-0.1, -0.05) is 17.7 Å². The molecular formula is C19H21ClFN3O5. The summed E-state index contributed by atoms with van der Waals surface area (Å²) in [6, 6.07) is 6.90. The number of aliphatic hydroxyl groups is 2. The number of carbonyl (C=O) groups is 2. The van der Waals surface area contributed by atoms with Gasteiger partial charge in [0.25, 0.3) is 11.8 Å². The standard InChI is InChI=1S/C19H21ClFN3O5/c20-15-3-2-14(7-16(15)21)29-11-18(27)24-9-13(26)5-6-22-19(28)17-4-1-12(10-25)8-23-17/h1-4,7-8,13,25-26H,5-6,9-11H2,(H,22,28)(H,24,27)/t13-/m0/s1. The molecular weight excluding hydrogens is 405 g/mol. The Bertz CT molecular complexity index is 835. The van der Waals surface area contributed by atoms with E-state index < -0.39 is 23.7 Å². The number of rotatable bonds is 10. The highest BCUT2D eigenvalue weighted by Crippen LogP contribution is 2.20. The second-order valence-electron chi connectivity index (χ2n) is 6.08. The van der Waals surface area contributed by atoms with Gasteiger partial charge < -0.3 is 25.6 Å². The predicted molar refractivity (Wildman–Crippen MR) is 103 cm³/mol. The molecule has 0 bridgehead atoms. The van der Waals surface area contributed by atoms with E-state index in [1.807, 2.05) is 0 Å². The van der Waals surface area contributed by atoms with E-state index in [1.54, 1.807) is 6.07 Å². The van der Waals surface area contributed by atoms with Crippen LogP contribution in [0.2, 0.25) is 5.02 Å². The van der Waals surface area contributed by atoms with Gasteiger partial charge in [-0.05, 0) is 30.2 Å². The zero-order valence-corrected chi connectivity index (χ0v) is 16.2. The Hall–Kier alpha value is -2.75. The number of aliphatic hydroxyl groups excluding tert-OH is 2. The SMILES string of the molecule is O=C(COc1ccc(Cl)c(F)c1)NC[C@@H](O)CCNC(=O)c1ccc(CO)cn1. The third-order valence-electron chi connectivity index (χ3n) is 3.80. The summed E-state index contributed by atoms with van der Waals surface area (Å²) in [5.74, 6) is -1.39. The van der Waals surface area contributed by atoms with Crippen LogP contribution in [0.5, 0.6) is 5.75 Å². The third-order valence-corrected chi connectivity index (χ3v) is 4.11. The highest BCUT2D eigenvalue weighted by molar-refractivity contribution is 6.30. The fourth-order valence-corrected chi connectivity index (χ4v) is 2.31. The predicted octanol–water partition coefficient (Wildman–Crippen LogP) is 1.04. The molecule has 0 saturated heterocycles. The number of carbonyl (C=O) groups excluding carboxylic acids is 2. The monoisotopic (exact) mass is 425 g/mol. The minimum absolute atomic E-state index is 0.0313. The molecule has 0 aliphatic carbocycles. The first kappa shape index (κ1) is 22.5. The molecule has 29 heavy (non-hydrogen) atoms. The zero-order valence-electron chi connectivity index (χ0n) is 15.4. The smallest absolute Gasteiger partial charge is 0.269 e. The molecule has 4 N–H and O–H groups in total. The molecule has 0 aliphatic heterocycles. The maximum absolute atomic E-state index is 13.3. The van der Waals surface area contributed by atoms with Gasteiger partial charge in [-0.15, -0.1) is 0 Å². The first-order valence-corrected chi connectivity index (χ1v) is 9.13. The summed E-state index contributed by atoms with van der Waals surface area (Å²) >= 11 is 5.56. The van der Waals surface area contributed by atoms with Crippen molar-refractivity contribution >= 4 is 23.4 Å². The molecule has 2 rings (SSSR count). The van der Waals surface area contributed by atoms with E-state index in [1.165, 1.54) is 24.4 Å². The largest absolute Gasteiger partial charge is 0.484 e. The molecule has 0 spiro atoms. The minimum Gasteiger partial charge on any atom is -0.484 e. The van der Waals surface area contributed by atoms with Crippen molar-refractivity contribution < 1.29 is 28.9 Å². The average molecular weight is 426 g/mol. The Labute approximate surface area is 171 Å². The van der Waals surface area contributed by atoms with Gasteiger partial charge in [0.15, 0.2) is 6.61 Å². The quantitative estimate of drug-likeness (QED) is 0.451. The van der Waals surface area contributed by atoms with Gasteiger partial charge >= 0.3 is 0 Å². The van der Waals surface area contributed by atoms with Gasteiger partial charge in [-0.25, -0.2) is 4.39 Å². The Kier molecular flexibility index (Phi) is 8.78. The maximum atomic E-state index is 13.3. The molecule has 1 aromatic heterocycles. The van der Waals surface area contributed by atoms with Crippen LogP contribution in [-0.2, 0) is 11.4 Å². The molecule has 156 valence electrons. The number of halogens is 2. The number of hydrogen-bond donors (Lipinski definition) is 4. The van der Waals surface area contributed by atoms with Crippen LogP contribution in [0.3, 0.4) is 0 Å². The van der Waals surface area contributed by atoms with E-state index in [4.69, 9.17) is 21.4 Å². The van der Waals surface area contributed by atoms with Crippen molar-refractivity contribution in [2.24, 2.45) is 0 Å². The number of amides is 2. The molecule has 1 atom stereocenters. The number of ether oxygens (including phenoxy) is 1. The summed E-state index contributed by atoms with van der Waals surface area (Å²) in [6.07, 6.45) is 0.737. The molecule has 0 fully saturated rings. The Morgan fingerprint density at radius 1 is 1.24 bits per heavy atom. The molecule has 0 aliphatic rings. The van der Waals surface area contributed by atoms with Gasteiger partial charge in [0.05, 0.1) is 17.7 Å². The van der Waals surface area contributed by atoms with Crippen LogP contribution in [0.1, 0.15) is 22.5 Å². The number of aromatic nitrogens is 1. The van der Waals surface area contributed by atoms with Gasteiger partial charge in [0, 0.05) is 25.4 Å². The maximum Gasteiger partial charge on any atom is 0.269 e. The highest BCUT2D eigenvalue weighted by Gasteiger charge is 2.11. The van der Waals surface area contributed by atoms with Crippen molar-refractivity contribution in [3.8, 4) is 5.75 Å². The first-order valence-electron chi connectivity index (χ1n) is 8.75. The highest BCUT2D eigenvalue weighted by atomic mass is 35.5. The van der Waals surface area contributed by atoms with Crippen LogP contribution in [0.4, 0.5) is 4.39 Å². The molecule has 0 saturated carbocycles. The minimum atomic E-state index is -0.878. The van der Waals surface area contributed by atoms with Gasteiger partial charge in [-0.2, -0.15) is 0 Å². The third kappa shape index (κ3) is 7.65. The van der Waals surface area contributed by atoms with Crippen LogP contribution in [0.15, 0.2) is 36.5 Å². The average Bonchev–Trinajstić information content (AvgIpc) is 2.73. The number of pyridine rings is 1. The Morgan fingerprint density at radius 3 is 2.69 bits per heavy atom. The zero-order chi connectivity index (χ0) is 21.2. The lowest BCUT2D eigenvalue weighted by Gasteiger charge is -2.13. The van der Waals surface area contributed by atoms with E-state index in [2.05, 4.69) is 15.6 Å². The summed E-state index contributed by atoms with van der Waals surface area (Å²) in [4.78, 5) is 27.6. The van der Waals surface area contributed by atoms with E-state index in [0.717, 1.165) is 6.07 Å². The molecule has 2 aromatic rings. The topological polar surface area (TPSA) is 121 Å². The Morgan fingerprint density at radius 2 is 2.03 bits per heavy atom. The lowest BCUT2D eigenvalue weighted by atomic mass is 10.2. The van der Waals surface area contributed by atoms with Crippen LogP contribution >= 0.6 is 11.6 Å². The number of benzene rings is 1. The van der Waals surface area contributed by atoms with Gasteiger partial charge in [-0.3, -0.25) is 14.6 Å². The molecule has 8 nitrogen and oxygen atoms in total. The molecule has 10 heteroatoms. The normalized spacial score (nSPS) is 11.6. The second-order valence-corrected chi connectivity index (χ2v) is 6.48. The van der Waals surface area contributed by atoms with Crippen molar-refractivity contribution in [3.05, 3.63) is 58.6 Å². The van der Waals surface area contributed by atoms with Crippen LogP contribution in [-0.4, -0.2) is 52.8 Å². The summed E-state index contributed by atoms with van der Waals surface area (Å²) < 4.78 is 18.4. The van der Waals surface area contributed by atoms with E-state index in [-0.39, 0.29) is 49.2 Å². The summed E-state index contributed by atoms with van der Waals surface area (Å²) in [6.45, 7) is -0.356. The molecule has 0 unspecified atom stereocenters. The van der Waals surface area contributed by atoms with Crippen molar-refractivity contribution in [1.82, 2.24) is 15.6 Å². The second kappa shape index (κ2) is 11.3. The molecule has 0 radical (unpaired) electrons. The first-order chi connectivity index (χ1) is 13.9. The molecule has 2 amide bonds. The number of nitrogens with one attached hydrogen (secondary N) is 2. The summed E-state index contributed by atoms with van der Waals surface area (Å²) in [7, 11) is 0. The van der Waals surface area contributed by atoms with Crippen molar-refractivity contribution in [1.29, 1.82) is 0 Å². The Balaban J connectivity index is 1.63. The van der Waals surface area contributed by atoms with Crippen LogP contribution < -0.4 is 15.4 Å². The fraction of sp³-hybridized carbons (Fsp3) is 0.316. The van der Waals surface area contributed by atoms with E-state index in [0.29, 0.717) is 5.56 Å². The fourth-order valence-electron chi connectivity index (χ4n) is 2.20. The number of hydrogen-bond acceptors (Lipinski definition) is 6. The lowest BCUT2D eigenvalue weighted by molar-refractivity contribution is -0.123. The number of nitrogens with zero attached hydrogens (tertiary/aromatic N) is 1. The van der Waals surface area contributed by atoms with Gasteiger partial charge in [0.2, 0.25) is 0 Å². The van der Waals surface area contributed by atoms with E-state index in [9.17, 15) is 19.1 Å².